The highest BCUT2D eigenvalue weighted by molar-refractivity contribution is 7.80. The van der Waals surface area contributed by atoms with E-state index in [1.807, 2.05) is 23.1 Å². The van der Waals surface area contributed by atoms with E-state index in [4.69, 9.17) is 26.4 Å². The number of anilines is 1. The zero-order chi connectivity index (χ0) is 18.5. The van der Waals surface area contributed by atoms with Gasteiger partial charge in [-0.3, -0.25) is 4.79 Å². The Morgan fingerprint density at radius 3 is 2.54 bits per heavy atom. The molecule has 2 aliphatic rings. The Balaban J connectivity index is 1.54. The lowest BCUT2D eigenvalue weighted by Gasteiger charge is -2.37. The second-order valence-electron chi connectivity index (χ2n) is 6.31. The van der Waals surface area contributed by atoms with E-state index in [1.54, 1.807) is 14.2 Å². The van der Waals surface area contributed by atoms with E-state index in [1.165, 1.54) is 0 Å². The summed E-state index contributed by atoms with van der Waals surface area (Å²) >= 11 is 5.54. The largest absolute Gasteiger partial charge is 0.497 e. The number of hydrogen-bond donors (Lipinski definition) is 1. The van der Waals surface area contributed by atoms with Crippen LogP contribution in [-0.2, 0) is 9.53 Å². The van der Waals surface area contributed by atoms with E-state index >= 15 is 0 Å². The molecule has 142 valence electrons. The summed E-state index contributed by atoms with van der Waals surface area (Å²) in [4.78, 5) is 16.4. The number of carbonyl (C=O) groups is 1. The molecule has 2 heterocycles. The molecule has 0 radical (unpaired) electrons. The van der Waals surface area contributed by atoms with Gasteiger partial charge in [0, 0.05) is 38.9 Å². The standard InChI is InChI=1S/C18H25N3O4S/c1-23-13-5-6-14(16(12-13)24-2)19-18(26)21-9-7-20(8-10-21)17(22)15-4-3-11-25-15/h5-6,12,15H,3-4,7-11H2,1-2H3,(H,19,26)/t15-/m0/s1. The van der Waals surface area contributed by atoms with Gasteiger partial charge in [0.1, 0.15) is 17.6 Å². The molecule has 2 saturated heterocycles. The third kappa shape index (κ3) is 4.19. The van der Waals surface area contributed by atoms with Gasteiger partial charge in [0.25, 0.3) is 5.91 Å². The van der Waals surface area contributed by atoms with Gasteiger partial charge in [-0.25, -0.2) is 0 Å². The zero-order valence-electron chi connectivity index (χ0n) is 15.2. The number of methoxy groups -OCH3 is 2. The van der Waals surface area contributed by atoms with Gasteiger partial charge in [0.15, 0.2) is 5.11 Å². The topological polar surface area (TPSA) is 63.3 Å². The van der Waals surface area contributed by atoms with Crippen LogP contribution in [0.25, 0.3) is 0 Å². The van der Waals surface area contributed by atoms with Gasteiger partial charge in [-0.1, -0.05) is 0 Å². The minimum atomic E-state index is -0.254. The summed E-state index contributed by atoms with van der Waals surface area (Å²) in [5.41, 5.74) is 0.788. The number of benzene rings is 1. The lowest BCUT2D eigenvalue weighted by atomic mass is 10.2. The van der Waals surface area contributed by atoms with Crippen molar-refractivity contribution in [2.75, 3.05) is 52.3 Å². The average Bonchev–Trinajstić information content (AvgIpc) is 3.22. The Morgan fingerprint density at radius 1 is 1.19 bits per heavy atom. The lowest BCUT2D eigenvalue weighted by Crippen LogP contribution is -2.53. The molecule has 2 aliphatic heterocycles. The molecule has 1 aromatic carbocycles. The molecule has 1 aromatic rings. The molecule has 0 unspecified atom stereocenters. The Morgan fingerprint density at radius 2 is 1.92 bits per heavy atom. The highest BCUT2D eigenvalue weighted by Crippen LogP contribution is 2.29. The molecule has 1 N–H and O–H groups in total. The number of rotatable bonds is 4. The summed E-state index contributed by atoms with van der Waals surface area (Å²) in [5, 5.41) is 3.85. The maximum atomic E-state index is 12.4. The molecular formula is C18H25N3O4S. The van der Waals surface area contributed by atoms with Gasteiger partial charge in [-0.15, -0.1) is 0 Å². The van der Waals surface area contributed by atoms with Crippen LogP contribution in [0.3, 0.4) is 0 Å². The van der Waals surface area contributed by atoms with Crippen LogP contribution in [0.5, 0.6) is 11.5 Å². The molecule has 0 bridgehead atoms. The summed E-state index contributed by atoms with van der Waals surface area (Å²) in [5.74, 6) is 1.50. The second kappa shape index (κ2) is 8.55. The maximum absolute atomic E-state index is 12.4. The van der Waals surface area contributed by atoms with Gasteiger partial charge in [0.2, 0.25) is 0 Å². The number of amides is 1. The van der Waals surface area contributed by atoms with Crippen LogP contribution in [0, 0.1) is 0 Å². The molecule has 0 saturated carbocycles. The van der Waals surface area contributed by atoms with Crippen LogP contribution < -0.4 is 14.8 Å². The van der Waals surface area contributed by atoms with Crippen molar-refractivity contribution < 1.29 is 19.0 Å². The van der Waals surface area contributed by atoms with E-state index in [0.717, 1.165) is 24.3 Å². The third-order valence-corrected chi connectivity index (χ3v) is 5.09. The minimum Gasteiger partial charge on any atom is -0.497 e. The SMILES string of the molecule is COc1ccc(NC(=S)N2CCN(C(=O)[C@@H]3CCCO3)CC2)c(OC)c1. The fraction of sp³-hybridized carbons (Fsp3) is 0.556. The molecule has 0 aliphatic carbocycles. The highest BCUT2D eigenvalue weighted by Gasteiger charge is 2.30. The van der Waals surface area contributed by atoms with Crippen molar-refractivity contribution in [2.24, 2.45) is 0 Å². The monoisotopic (exact) mass is 379 g/mol. The predicted octanol–water partition coefficient (Wildman–Crippen LogP) is 1.72. The van der Waals surface area contributed by atoms with Crippen molar-refractivity contribution in [3.8, 4) is 11.5 Å². The Kier molecular flexibility index (Phi) is 6.16. The molecule has 26 heavy (non-hydrogen) atoms. The number of ether oxygens (including phenoxy) is 3. The molecule has 3 rings (SSSR count). The van der Waals surface area contributed by atoms with E-state index in [9.17, 15) is 4.79 Å². The fourth-order valence-corrected chi connectivity index (χ4v) is 3.49. The van der Waals surface area contributed by atoms with Crippen molar-refractivity contribution in [3.05, 3.63) is 18.2 Å². The summed E-state index contributed by atoms with van der Waals surface area (Å²) < 4.78 is 16.1. The van der Waals surface area contributed by atoms with Crippen LogP contribution in [0.1, 0.15) is 12.8 Å². The van der Waals surface area contributed by atoms with Crippen molar-refractivity contribution in [1.29, 1.82) is 0 Å². The lowest BCUT2D eigenvalue weighted by molar-refractivity contribution is -0.142. The van der Waals surface area contributed by atoms with Gasteiger partial charge >= 0.3 is 0 Å². The van der Waals surface area contributed by atoms with Crippen molar-refractivity contribution in [3.63, 3.8) is 0 Å². The van der Waals surface area contributed by atoms with Crippen LogP contribution in [0.15, 0.2) is 18.2 Å². The quantitative estimate of drug-likeness (QED) is 0.799. The van der Waals surface area contributed by atoms with Crippen LogP contribution >= 0.6 is 12.2 Å². The normalized spacial score (nSPS) is 20.0. The summed E-state index contributed by atoms with van der Waals surface area (Å²) in [6, 6.07) is 5.54. The van der Waals surface area contributed by atoms with Gasteiger partial charge in [-0.2, -0.15) is 0 Å². The number of thiocarbonyl (C=S) groups is 1. The Labute approximate surface area is 159 Å². The summed E-state index contributed by atoms with van der Waals surface area (Å²) in [6.45, 7) is 3.39. The van der Waals surface area contributed by atoms with E-state index in [0.29, 0.717) is 43.6 Å². The first-order valence-electron chi connectivity index (χ1n) is 8.80. The molecule has 1 amide bonds. The first-order chi connectivity index (χ1) is 12.6. The first kappa shape index (κ1) is 18.7. The molecular weight excluding hydrogens is 354 g/mol. The Bertz CT molecular complexity index is 656. The fourth-order valence-electron chi connectivity index (χ4n) is 3.20. The molecule has 7 nitrogen and oxygen atoms in total. The highest BCUT2D eigenvalue weighted by atomic mass is 32.1. The van der Waals surface area contributed by atoms with E-state index in [-0.39, 0.29) is 12.0 Å². The second-order valence-corrected chi connectivity index (χ2v) is 6.70. The zero-order valence-corrected chi connectivity index (χ0v) is 16.0. The van der Waals surface area contributed by atoms with Gasteiger partial charge < -0.3 is 29.3 Å². The smallest absolute Gasteiger partial charge is 0.251 e. The van der Waals surface area contributed by atoms with E-state index < -0.39 is 0 Å². The van der Waals surface area contributed by atoms with Crippen LogP contribution in [0.2, 0.25) is 0 Å². The Hall–Kier alpha value is -2.06. The number of nitrogens with one attached hydrogen (secondary N) is 1. The van der Waals surface area contributed by atoms with Gasteiger partial charge in [0.05, 0.1) is 19.9 Å². The molecule has 8 heteroatoms. The van der Waals surface area contributed by atoms with Crippen LogP contribution in [-0.4, -0.2) is 73.9 Å². The first-order valence-corrected chi connectivity index (χ1v) is 9.21. The number of nitrogens with zero attached hydrogens (tertiary/aromatic N) is 2. The number of carbonyl (C=O) groups excluding carboxylic acids is 1. The molecule has 0 aromatic heterocycles. The van der Waals surface area contributed by atoms with Gasteiger partial charge in [-0.05, 0) is 37.2 Å². The molecule has 1 atom stereocenters. The summed E-state index contributed by atoms with van der Waals surface area (Å²) in [6.07, 6.45) is 1.54. The third-order valence-electron chi connectivity index (χ3n) is 4.73. The van der Waals surface area contributed by atoms with Crippen molar-refractivity contribution in [1.82, 2.24) is 9.80 Å². The van der Waals surface area contributed by atoms with Crippen LogP contribution in [0.4, 0.5) is 5.69 Å². The number of piperazine rings is 1. The van der Waals surface area contributed by atoms with Crippen molar-refractivity contribution >= 4 is 28.9 Å². The van der Waals surface area contributed by atoms with E-state index in [2.05, 4.69) is 10.2 Å². The maximum Gasteiger partial charge on any atom is 0.251 e. The summed E-state index contributed by atoms with van der Waals surface area (Å²) in [7, 11) is 3.22. The van der Waals surface area contributed by atoms with Crippen molar-refractivity contribution in [2.45, 2.75) is 18.9 Å². The average molecular weight is 379 g/mol. The molecule has 2 fully saturated rings. The predicted molar refractivity (Wildman–Crippen MR) is 103 cm³/mol. The number of hydrogen-bond acceptors (Lipinski definition) is 5. The molecule has 0 spiro atoms. The minimum absolute atomic E-state index is 0.109.